The van der Waals surface area contributed by atoms with Gasteiger partial charge in [-0.3, -0.25) is 0 Å². The Hall–Kier alpha value is -1.67. The van der Waals surface area contributed by atoms with Gasteiger partial charge in [0.2, 0.25) is 0 Å². The van der Waals surface area contributed by atoms with Gasteiger partial charge in [-0.05, 0) is 42.3 Å². The van der Waals surface area contributed by atoms with E-state index in [1.807, 2.05) is 24.3 Å². The van der Waals surface area contributed by atoms with Crippen molar-refractivity contribution in [1.82, 2.24) is 0 Å². The predicted molar refractivity (Wildman–Crippen MR) is 74.5 cm³/mol. The molecule has 1 aliphatic rings. The maximum Gasteiger partial charge on any atom is 0.142 e. The first-order valence-corrected chi connectivity index (χ1v) is 6.35. The molecule has 2 nitrogen and oxygen atoms in total. The third-order valence-electron chi connectivity index (χ3n) is 3.12. The van der Waals surface area contributed by atoms with E-state index in [0.29, 0.717) is 6.61 Å². The lowest BCUT2D eigenvalue weighted by molar-refractivity contribution is 0.286. The van der Waals surface area contributed by atoms with Gasteiger partial charge >= 0.3 is 0 Å². The molecule has 1 aliphatic heterocycles. The molecule has 0 aliphatic carbocycles. The van der Waals surface area contributed by atoms with E-state index in [0.717, 1.165) is 22.0 Å². The van der Waals surface area contributed by atoms with Crippen LogP contribution in [0.2, 0.25) is 5.02 Å². The summed E-state index contributed by atoms with van der Waals surface area (Å²) >= 11 is 6.02. The molecule has 0 saturated heterocycles. The van der Waals surface area contributed by atoms with Crippen molar-refractivity contribution < 1.29 is 4.74 Å². The van der Waals surface area contributed by atoms with Crippen LogP contribution in [0.25, 0.3) is 0 Å². The van der Waals surface area contributed by atoms with Gasteiger partial charge in [0.1, 0.15) is 12.4 Å². The Morgan fingerprint density at radius 1 is 1.22 bits per heavy atom. The van der Waals surface area contributed by atoms with Crippen LogP contribution < -0.4 is 10.1 Å². The Morgan fingerprint density at radius 3 is 2.94 bits per heavy atom. The smallest absolute Gasteiger partial charge is 0.142 e. The van der Waals surface area contributed by atoms with Crippen LogP contribution in [0.4, 0.5) is 5.69 Å². The van der Waals surface area contributed by atoms with Crippen molar-refractivity contribution in [1.29, 1.82) is 0 Å². The Kier molecular flexibility index (Phi) is 2.88. The highest BCUT2D eigenvalue weighted by atomic mass is 35.5. The number of hydrogen-bond donors (Lipinski definition) is 1. The summed E-state index contributed by atoms with van der Waals surface area (Å²) in [5.41, 5.74) is 3.41. The summed E-state index contributed by atoms with van der Waals surface area (Å²) in [7, 11) is 0. The van der Waals surface area contributed by atoms with Gasteiger partial charge in [-0.25, -0.2) is 0 Å². The third-order valence-corrected chi connectivity index (χ3v) is 3.36. The predicted octanol–water partition coefficient (Wildman–Crippen LogP) is 4.19. The lowest BCUT2D eigenvalue weighted by Gasteiger charge is -2.28. The van der Waals surface area contributed by atoms with Crippen LogP contribution in [0.15, 0.2) is 42.5 Å². The van der Waals surface area contributed by atoms with Gasteiger partial charge in [0, 0.05) is 5.02 Å². The summed E-state index contributed by atoms with van der Waals surface area (Å²) < 4.78 is 5.78. The zero-order valence-corrected chi connectivity index (χ0v) is 10.9. The van der Waals surface area contributed by atoms with Crippen LogP contribution >= 0.6 is 11.6 Å². The first-order valence-electron chi connectivity index (χ1n) is 5.98. The van der Waals surface area contributed by atoms with E-state index in [2.05, 4.69) is 30.4 Å². The molecule has 1 N–H and O–H groups in total. The van der Waals surface area contributed by atoms with Crippen LogP contribution in [0, 0.1) is 6.92 Å². The molecule has 18 heavy (non-hydrogen) atoms. The van der Waals surface area contributed by atoms with Gasteiger partial charge in [0.25, 0.3) is 0 Å². The molecule has 0 amide bonds. The number of ether oxygens (including phenoxy) is 1. The van der Waals surface area contributed by atoms with Crippen LogP contribution in [0.1, 0.15) is 17.2 Å². The Morgan fingerprint density at radius 2 is 2.11 bits per heavy atom. The SMILES string of the molecule is Cc1ccc2c(c1)N[C@@H](c1cccc(Cl)c1)CO2. The van der Waals surface area contributed by atoms with E-state index < -0.39 is 0 Å². The molecule has 1 heterocycles. The van der Waals surface area contributed by atoms with Gasteiger partial charge in [-0.15, -0.1) is 0 Å². The highest BCUT2D eigenvalue weighted by molar-refractivity contribution is 6.30. The number of rotatable bonds is 1. The first-order chi connectivity index (χ1) is 8.72. The highest BCUT2D eigenvalue weighted by Crippen LogP contribution is 2.34. The molecule has 92 valence electrons. The number of aryl methyl sites for hydroxylation is 1. The average molecular weight is 260 g/mol. The van der Waals surface area contributed by atoms with Gasteiger partial charge in [0.05, 0.1) is 11.7 Å². The fourth-order valence-electron chi connectivity index (χ4n) is 2.19. The van der Waals surface area contributed by atoms with Crippen molar-refractivity contribution in [2.75, 3.05) is 11.9 Å². The number of hydrogen-bond acceptors (Lipinski definition) is 2. The summed E-state index contributed by atoms with van der Waals surface area (Å²) in [6.07, 6.45) is 0. The molecule has 0 unspecified atom stereocenters. The van der Waals surface area contributed by atoms with E-state index >= 15 is 0 Å². The molecular weight excluding hydrogens is 246 g/mol. The normalized spacial score (nSPS) is 17.6. The number of benzene rings is 2. The monoisotopic (exact) mass is 259 g/mol. The van der Waals surface area contributed by atoms with E-state index in [1.54, 1.807) is 0 Å². The Bertz CT molecular complexity index is 582. The third kappa shape index (κ3) is 2.16. The molecular formula is C15H14ClNO. The lowest BCUT2D eigenvalue weighted by atomic mass is 10.1. The van der Waals surface area contributed by atoms with Crippen molar-refractivity contribution in [3.63, 3.8) is 0 Å². The molecule has 0 fully saturated rings. The number of halogens is 1. The highest BCUT2D eigenvalue weighted by Gasteiger charge is 2.20. The zero-order chi connectivity index (χ0) is 12.5. The van der Waals surface area contributed by atoms with Crippen LogP contribution in [0.5, 0.6) is 5.75 Å². The molecule has 2 aromatic rings. The van der Waals surface area contributed by atoms with Crippen molar-refractivity contribution in [3.05, 3.63) is 58.6 Å². The number of fused-ring (bicyclic) bond motifs is 1. The van der Waals surface area contributed by atoms with E-state index in [9.17, 15) is 0 Å². The van der Waals surface area contributed by atoms with Crippen LogP contribution in [0.3, 0.4) is 0 Å². The lowest BCUT2D eigenvalue weighted by Crippen LogP contribution is -2.23. The second kappa shape index (κ2) is 4.54. The maximum atomic E-state index is 6.02. The maximum absolute atomic E-state index is 6.02. The molecule has 0 aromatic heterocycles. The zero-order valence-electron chi connectivity index (χ0n) is 10.1. The summed E-state index contributed by atoms with van der Waals surface area (Å²) in [6, 6.07) is 14.2. The largest absolute Gasteiger partial charge is 0.489 e. The molecule has 3 rings (SSSR count). The second-order valence-electron chi connectivity index (χ2n) is 4.56. The first kappa shape index (κ1) is 11.4. The fraction of sp³-hybridized carbons (Fsp3) is 0.200. The Labute approximate surface area is 112 Å². The minimum absolute atomic E-state index is 0.151. The second-order valence-corrected chi connectivity index (χ2v) is 5.00. The van der Waals surface area contributed by atoms with Crippen molar-refractivity contribution >= 4 is 17.3 Å². The van der Waals surface area contributed by atoms with E-state index in [4.69, 9.17) is 16.3 Å². The standard InChI is InChI=1S/C15H14ClNO/c1-10-5-6-15-13(7-10)17-14(9-18-15)11-3-2-4-12(16)8-11/h2-8,14,17H,9H2,1H3/t14-/m1/s1. The van der Waals surface area contributed by atoms with E-state index in [-0.39, 0.29) is 6.04 Å². The van der Waals surface area contributed by atoms with Crippen molar-refractivity contribution in [2.45, 2.75) is 13.0 Å². The van der Waals surface area contributed by atoms with Crippen molar-refractivity contribution in [3.8, 4) is 5.75 Å². The fourth-order valence-corrected chi connectivity index (χ4v) is 2.39. The molecule has 2 aromatic carbocycles. The topological polar surface area (TPSA) is 21.3 Å². The Balaban J connectivity index is 1.90. The van der Waals surface area contributed by atoms with Crippen LogP contribution in [-0.4, -0.2) is 6.61 Å². The van der Waals surface area contributed by atoms with Gasteiger partial charge in [0.15, 0.2) is 0 Å². The molecule has 0 radical (unpaired) electrons. The number of anilines is 1. The molecule has 0 saturated carbocycles. The summed E-state index contributed by atoms with van der Waals surface area (Å²) in [4.78, 5) is 0. The summed E-state index contributed by atoms with van der Waals surface area (Å²) in [5.74, 6) is 0.916. The quantitative estimate of drug-likeness (QED) is 0.829. The van der Waals surface area contributed by atoms with Gasteiger partial charge < -0.3 is 10.1 Å². The molecule has 0 bridgehead atoms. The van der Waals surface area contributed by atoms with Gasteiger partial charge in [-0.2, -0.15) is 0 Å². The molecule has 1 atom stereocenters. The molecule has 3 heteroatoms. The average Bonchev–Trinajstić information content (AvgIpc) is 2.38. The number of nitrogens with one attached hydrogen (secondary N) is 1. The van der Waals surface area contributed by atoms with Gasteiger partial charge in [-0.1, -0.05) is 29.8 Å². The van der Waals surface area contributed by atoms with Crippen molar-refractivity contribution in [2.24, 2.45) is 0 Å². The minimum atomic E-state index is 0.151. The summed E-state index contributed by atoms with van der Waals surface area (Å²) in [5, 5.41) is 4.25. The minimum Gasteiger partial charge on any atom is -0.489 e. The summed E-state index contributed by atoms with van der Waals surface area (Å²) in [6.45, 7) is 2.70. The molecule has 0 spiro atoms. The van der Waals surface area contributed by atoms with Crippen LogP contribution in [-0.2, 0) is 0 Å². The van der Waals surface area contributed by atoms with E-state index in [1.165, 1.54) is 5.56 Å².